The quantitative estimate of drug-likeness (QED) is 0.908. The van der Waals surface area contributed by atoms with Crippen LogP contribution in [0.4, 0.5) is 0 Å². The van der Waals surface area contributed by atoms with Gasteiger partial charge < -0.3 is 5.32 Å². The number of nitrogens with one attached hydrogen (secondary N) is 1. The first-order chi connectivity index (χ1) is 8.74. The number of thiophene rings is 1. The lowest BCUT2D eigenvalue weighted by atomic mass is 9.93. The lowest BCUT2D eigenvalue weighted by Crippen LogP contribution is -2.26. The Labute approximate surface area is 116 Å². The average Bonchev–Trinajstić information content (AvgIpc) is 2.97. The Morgan fingerprint density at radius 1 is 1.50 bits per heavy atom. The Bertz CT molecular complexity index is 529. The summed E-state index contributed by atoms with van der Waals surface area (Å²) in [6.45, 7) is 4.34. The molecular formula is C14H18N2S2. The molecule has 0 spiro atoms. The Balaban J connectivity index is 1.74. The molecule has 2 atom stereocenters. The van der Waals surface area contributed by atoms with Gasteiger partial charge in [-0.25, -0.2) is 4.98 Å². The lowest BCUT2D eigenvalue weighted by Gasteiger charge is -2.26. The van der Waals surface area contributed by atoms with E-state index in [2.05, 4.69) is 35.6 Å². The topological polar surface area (TPSA) is 24.9 Å². The molecule has 2 heterocycles. The fourth-order valence-corrected chi connectivity index (χ4v) is 4.38. The Kier molecular flexibility index (Phi) is 3.50. The van der Waals surface area contributed by atoms with E-state index in [9.17, 15) is 0 Å². The fourth-order valence-electron chi connectivity index (χ4n) is 2.60. The van der Waals surface area contributed by atoms with Gasteiger partial charge >= 0.3 is 0 Å². The van der Waals surface area contributed by atoms with Gasteiger partial charge in [0.15, 0.2) is 0 Å². The van der Waals surface area contributed by atoms with E-state index in [1.165, 1.54) is 34.7 Å². The minimum Gasteiger partial charge on any atom is -0.301 e. The van der Waals surface area contributed by atoms with Crippen molar-refractivity contribution in [1.82, 2.24) is 10.3 Å². The molecule has 0 saturated heterocycles. The van der Waals surface area contributed by atoms with Gasteiger partial charge in [0, 0.05) is 22.0 Å². The summed E-state index contributed by atoms with van der Waals surface area (Å²) in [6.07, 6.45) is 5.78. The van der Waals surface area contributed by atoms with E-state index >= 15 is 0 Å². The second-order valence-electron chi connectivity index (χ2n) is 4.94. The minimum absolute atomic E-state index is 0.347. The third-order valence-corrected chi connectivity index (χ3v) is 5.60. The highest BCUT2D eigenvalue weighted by Gasteiger charge is 2.23. The van der Waals surface area contributed by atoms with E-state index in [4.69, 9.17) is 0 Å². The number of aryl methyl sites for hydroxylation is 2. The normalized spacial score (nSPS) is 20.7. The molecule has 18 heavy (non-hydrogen) atoms. The van der Waals surface area contributed by atoms with Crippen LogP contribution in [0.15, 0.2) is 17.6 Å². The summed E-state index contributed by atoms with van der Waals surface area (Å²) in [7, 11) is 0. The van der Waals surface area contributed by atoms with Crippen LogP contribution in [0, 0.1) is 6.92 Å². The zero-order valence-corrected chi connectivity index (χ0v) is 12.4. The number of nitrogens with zero attached hydrogens (tertiary/aromatic N) is 1. The third kappa shape index (κ3) is 2.37. The molecule has 0 aromatic carbocycles. The molecule has 1 N–H and O–H groups in total. The van der Waals surface area contributed by atoms with Crippen molar-refractivity contribution in [2.75, 3.05) is 0 Å². The second kappa shape index (κ2) is 5.11. The number of fused-ring (bicyclic) bond motifs is 1. The second-order valence-corrected chi connectivity index (χ2v) is 7.21. The molecule has 0 radical (unpaired) electrons. The SMILES string of the molecule is Cc1cnc(C(C)NC2CCCc3sccc32)s1. The molecule has 96 valence electrons. The average molecular weight is 278 g/mol. The zero-order chi connectivity index (χ0) is 12.5. The third-order valence-electron chi connectivity index (χ3n) is 3.51. The molecule has 2 nitrogen and oxygen atoms in total. The highest BCUT2D eigenvalue weighted by atomic mass is 32.1. The molecule has 2 aromatic heterocycles. The van der Waals surface area contributed by atoms with Crippen molar-refractivity contribution in [3.05, 3.63) is 38.0 Å². The Morgan fingerprint density at radius 3 is 3.17 bits per heavy atom. The fraction of sp³-hybridized carbons (Fsp3) is 0.500. The van der Waals surface area contributed by atoms with Crippen LogP contribution in [0.3, 0.4) is 0 Å². The number of aromatic nitrogens is 1. The molecule has 0 aliphatic heterocycles. The van der Waals surface area contributed by atoms with E-state index in [0.29, 0.717) is 12.1 Å². The molecule has 0 bridgehead atoms. The maximum Gasteiger partial charge on any atom is 0.109 e. The van der Waals surface area contributed by atoms with E-state index < -0.39 is 0 Å². The lowest BCUT2D eigenvalue weighted by molar-refractivity contribution is 0.417. The van der Waals surface area contributed by atoms with Crippen molar-refractivity contribution in [2.24, 2.45) is 0 Å². The maximum absolute atomic E-state index is 4.48. The van der Waals surface area contributed by atoms with E-state index in [1.807, 2.05) is 17.5 Å². The van der Waals surface area contributed by atoms with Gasteiger partial charge in [0.2, 0.25) is 0 Å². The molecule has 0 fully saturated rings. The summed E-state index contributed by atoms with van der Waals surface area (Å²) in [5.74, 6) is 0. The van der Waals surface area contributed by atoms with Crippen LogP contribution in [0.2, 0.25) is 0 Å². The summed E-state index contributed by atoms with van der Waals surface area (Å²) >= 11 is 3.70. The van der Waals surface area contributed by atoms with Crippen LogP contribution in [0.1, 0.15) is 52.2 Å². The van der Waals surface area contributed by atoms with Crippen molar-refractivity contribution in [3.8, 4) is 0 Å². The monoisotopic (exact) mass is 278 g/mol. The molecule has 2 aromatic rings. The van der Waals surface area contributed by atoms with Crippen molar-refractivity contribution in [3.63, 3.8) is 0 Å². The molecule has 4 heteroatoms. The molecule has 0 saturated carbocycles. The first-order valence-electron chi connectivity index (χ1n) is 6.48. The van der Waals surface area contributed by atoms with Crippen LogP contribution >= 0.6 is 22.7 Å². The standard InChI is InChI=1S/C14H18N2S2/c1-9-8-15-14(18-9)10(2)16-12-4-3-5-13-11(12)6-7-17-13/h6-8,10,12,16H,3-5H2,1-2H3. The molecule has 2 unspecified atom stereocenters. The minimum atomic E-state index is 0.347. The van der Waals surface area contributed by atoms with E-state index in [-0.39, 0.29) is 0 Å². The smallest absolute Gasteiger partial charge is 0.109 e. The summed E-state index contributed by atoms with van der Waals surface area (Å²) in [6, 6.07) is 3.15. The number of thiazole rings is 1. The maximum atomic E-state index is 4.48. The van der Waals surface area contributed by atoms with Crippen LogP contribution in [0.5, 0.6) is 0 Å². The first-order valence-corrected chi connectivity index (χ1v) is 8.18. The largest absolute Gasteiger partial charge is 0.301 e. The Hall–Kier alpha value is -0.710. The summed E-state index contributed by atoms with van der Waals surface area (Å²) in [5, 5.41) is 7.17. The molecule has 1 aliphatic carbocycles. The number of hydrogen-bond donors (Lipinski definition) is 1. The predicted octanol–water partition coefficient (Wildman–Crippen LogP) is 4.24. The molecule has 1 aliphatic rings. The highest BCUT2D eigenvalue weighted by Crippen LogP contribution is 2.35. The van der Waals surface area contributed by atoms with E-state index in [0.717, 1.165) is 0 Å². The van der Waals surface area contributed by atoms with Crippen LogP contribution < -0.4 is 5.32 Å². The highest BCUT2D eigenvalue weighted by molar-refractivity contribution is 7.11. The van der Waals surface area contributed by atoms with Gasteiger partial charge in [-0.3, -0.25) is 0 Å². The number of hydrogen-bond acceptors (Lipinski definition) is 4. The van der Waals surface area contributed by atoms with Gasteiger partial charge in [-0.2, -0.15) is 0 Å². The van der Waals surface area contributed by atoms with Crippen molar-refractivity contribution in [1.29, 1.82) is 0 Å². The molecular weight excluding hydrogens is 260 g/mol. The number of rotatable bonds is 3. The van der Waals surface area contributed by atoms with Gasteiger partial charge in [0.1, 0.15) is 5.01 Å². The van der Waals surface area contributed by atoms with Crippen LogP contribution in [-0.2, 0) is 6.42 Å². The van der Waals surface area contributed by atoms with Crippen molar-refractivity contribution >= 4 is 22.7 Å². The van der Waals surface area contributed by atoms with Gasteiger partial charge in [-0.1, -0.05) is 0 Å². The van der Waals surface area contributed by atoms with E-state index in [1.54, 1.807) is 16.2 Å². The van der Waals surface area contributed by atoms with Gasteiger partial charge in [-0.15, -0.1) is 22.7 Å². The predicted molar refractivity (Wildman–Crippen MR) is 78.4 cm³/mol. The Morgan fingerprint density at radius 2 is 2.39 bits per heavy atom. The van der Waals surface area contributed by atoms with Crippen molar-refractivity contribution in [2.45, 2.75) is 45.2 Å². The van der Waals surface area contributed by atoms with Gasteiger partial charge in [0.25, 0.3) is 0 Å². The summed E-state index contributed by atoms with van der Waals surface area (Å²) < 4.78 is 0. The van der Waals surface area contributed by atoms with Crippen LogP contribution in [-0.4, -0.2) is 4.98 Å². The van der Waals surface area contributed by atoms with Crippen molar-refractivity contribution < 1.29 is 0 Å². The first kappa shape index (κ1) is 12.3. The molecule has 0 amide bonds. The summed E-state index contributed by atoms with van der Waals surface area (Å²) in [5.41, 5.74) is 1.52. The molecule has 3 rings (SSSR count). The van der Waals surface area contributed by atoms with Gasteiger partial charge in [-0.05, 0) is 50.1 Å². The summed E-state index contributed by atoms with van der Waals surface area (Å²) in [4.78, 5) is 7.34. The van der Waals surface area contributed by atoms with Crippen LogP contribution in [0.25, 0.3) is 0 Å². The van der Waals surface area contributed by atoms with Gasteiger partial charge in [0.05, 0.1) is 6.04 Å². The zero-order valence-electron chi connectivity index (χ0n) is 10.8.